The molecule has 0 fully saturated rings. The summed E-state index contributed by atoms with van der Waals surface area (Å²) in [5, 5.41) is 3.94. The van der Waals surface area contributed by atoms with Crippen LogP contribution in [0.1, 0.15) is 5.69 Å². The Morgan fingerprint density at radius 2 is 2.13 bits per heavy atom. The van der Waals surface area contributed by atoms with Crippen LogP contribution in [-0.4, -0.2) is 17.1 Å². The highest BCUT2D eigenvalue weighted by atomic mass is 79.9. The van der Waals surface area contributed by atoms with Crippen molar-refractivity contribution in [2.75, 3.05) is 7.11 Å². The number of nitrogens with zero attached hydrogens (tertiary/aromatic N) is 1. The molecule has 5 heteroatoms. The molecule has 0 radical (unpaired) electrons. The number of aromatic nitrogens is 2. The van der Waals surface area contributed by atoms with Gasteiger partial charge in [-0.2, -0.15) is 0 Å². The Morgan fingerprint density at radius 1 is 1.22 bits per heavy atom. The number of ether oxygens (including phenoxy) is 1. The highest BCUT2D eigenvalue weighted by molar-refractivity contribution is 9.10. The minimum absolute atomic E-state index is 0.794. The Balaban J connectivity index is 1.93. The predicted molar refractivity (Wildman–Crippen MR) is 93.8 cm³/mol. The van der Waals surface area contributed by atoms with Gasteiger partial charge in [-0.15, -0.1) is 0 Å². The van der Waals surface area contributed by atoms with Crippen LogP contribution in [-0.2, 0) is 0 Å². The van der Waals surface area contributed by atoms with Gasteiger partial charge in [0.05, 0.1) is 28.9 Å². The normalized spacial score (nSPS) is 16.0. The maximum atomic E-state index is 5.48. The van der Waals surface area contributed by atoms with Crippen molar-refractivity contribution in [2.24, 2.45) is 4.99 Å². The van der Waals surface area contributed by atoms with Crippen molar-refractivity contribution in [1.82, 2.24) is 9.97 Å². The minimum atomic E-state index is 0.794. The Kier molecular flexibility index (Phi) is 3.42. The number of rotatable bonds is 2. The zero-order chi connectivity index (χ0) is 15.8. The van der Waals surface area contributed by atoms with Gasteiger partial charge in [-0.05, 0) is 42.5 Å². The van der Waals surface area contributed by atoms with Gasteiger partial charge in [-0.1, -0.05) is 15.9 Å². The molecule has 2 N–H and O–H groups in total. The van der Waals surface area contributed by atoms with E-state index < -0.39 is 0 Å². The molecule has 3 aromatic rings. The predicted octanol–water partition coefficient (Wildman–Crippen LogP) is 1.16. The monoisotopic (exact) mass is 367 g/mol. The molecule has 114 valence electrons. The van der Waals surface area contributed by atoms with Crippen LogP contribution in [0.2, 0.25) is 0 Å². The van der Waals surface area contributed by atoms with Gasteiger partial charge >= 0.3 is 0 Å². The van der Waals surface area contributed by atoms with Gasteiger partial charge in [-0.3, -0.25) is 0 Å². The van der Waals surface area contributed by atoms with E-state index in [1.165, 1.54) is 0 Å². The average molecular weight is 368 g/mol. The highest BCUT2D eigenvalue weighted by Gasteiger charge is 2.06. The molecule has 2 aromatic heterocycles. The summed E-state index contributed by atoms with van der Waals surface area (Å²) in [6.07, 6.45) is 5.98. The molecule has 1 aromatic carbocycles. The Labute approximate surface area is 140 Å². The quantitative estimate of drug-likeness (QED) is 0.701. The van der Waals surface area contributed by atoms with Gasteiger partial charge in [-0.25, -0.2) is 4.99 Å². The molecule has 0 unspecified atom stereocenters. The average Bonchev–Trinajstić information content (AvgIpc) is 3.25. The second-order valence-corrected chi connectivity index (χ2v) is 6.20. The maximum Gasteiger partial charge on any atom is 0.144 e. The fourth-order valence-electron chi connectivity index (χ4n) is 2.65. The van der Waals surface area contributed by atoms with E-state index >= 15 is 0 Å². The molecule has 23 heavy (non-hydrogen) atoms. The van der Waals surface area contributed by atoms with Crippen LogP contribution >= 0.6 is 15.9 Å². The summed E-state index contributed by atoms with van der Waals surface area (Å²) < 4.78 is 6.53. The van der Waals surface area contributed by atoms with Crippen molar-refractivity contribution in [2.45, 2.75) is 0 Å². The van der Waals surface area contributed by atoms with Crippen molar-refractivity contribution in [1.29, 1.82) is 0 Å². The SMILES string of the molecule is COc1c/c(=C2\C=c3cc(Br)ccc3=N2)[nH]/c1=C/c1ccc[nH]1. The second kappa shape index (κ2) is 5.59. The van der Waals surface area contributed by atoms with Gasteiger partial charge in [0.1, 0.15) is 5.75 Å². The summed E-state index contributed by atoms with van der Waals surface area (Å²) in [6.45, 7) is 0. The molecule has 0 saturated heterocycles. The number of methoxy groups -OCH3 is 1. The minimum Gasteiger partial charge on any atom is -0.494 e. The maximum absolute atomic E-state index is 5.48. The highest BCUT2D eigenvalue weighted by Crippen LogP contribution is 2.07. The van der Waals surface area contributed by atoms with E-state index in [4.69, 9.17) is 4.74 Å². The lowest BCUT2D eigenvalue weighted by atomic mass is 10.3. The second-order valence-electron chi connectivity index (χ2n) is 5.28. The first-order valence-corrected chi connectivity index (χ1v) is 8.01. The standard InChI is InChI=1S/C18H14BrN3O/c1-23-18-10-16(22-17(18)9-13-3-2-6-20-13)15-8-11-7-12(19)4-5-14(11)21-15/h2-10,20,22H,1H3/b16-15-,17-9+. The Bertz CT molecular complexity index is 1110. The summed E-state index contributed by atoms with van der Waals surface area (Å²) in [7, 11) is 1.67. The number of fused-ring (bicyclic) bond motifs is 1. The van der Waals surface area contributed by atoms with Crippen LogP contribution < -0.4 is 26.0 Å². The third kappa shape index (κ3) is 2.64. The van der Waals surface area contributed by atoms with Crippen LogP contribution in [0, 0.1) is 0 Å². The lowest BCUT2D eigenvalue weighted by Gasteiger charge is -1.92. The lowest BCUT2D eigenvalue weighted by Crippen LogP contribution is -2.20. The summed E-state index contributed by atoms with van der Waals surface area (Å²) in [4.78, 5) is 11.2. The Hall–Kier alpha value is -2.53. The largest absolute Gasteiger partial charge is 0.494 e. The van der Waals surface area contributed by atoms with Gasteiger partial charge < -0.3 is 14.7 Å². The summed E-state index contributed by atoms with van der Waals surface area (Å²) in [5.74, 6) is 0.794. The molecule has 0 amide bonds. The molecule has 3 heterocycles. The van der Waals surface area contributed by atoms with Crippen LogP contribution in [0.25, 0.3) is 17.8 Å². The molecule has 0 aliphatic carbocycles. The van der Waals surface area contributed by atoms with Crippen molar-refractivity contribution in [3.8, 4) is 5.75 Å². The van der Waals surface area contributed by atoms with Crippen LogP contribution in [0.5, 0.6) is 5.75 Å². The van der Waals surface area contributed by atoms with E-state index in [1.54, 1.807) is 7.11 Å². The molecule has 1 aliphatic rings. The summed E-state index contributed by atoms with van der Waals surface area (Å²) in [6, 6.07) is 12.0. The molecular weight excluding hydrogens is 354 g/mol. The number of aromatic amines is 2. The molecule has 0 spiro atoms. The van der Waals surface area contributed by atoms with E-state index in [-0.39, 0.29) is 0 Å². The summed E-state index contributed by atoms with van der Waals surface area (Å²) >= 11 is 3.49. The van der Waals surface area contributed by atoms with Crippen LogP contribution in [0.4, 0.5) is 0 Å². The number of H-pyrrole nitrogens is 2. The third-order valence-corrected chi connectivity index (χ3v) is 4.24. The van der Waals surface area contributed by atoms with Crippen molar-refractivity contribution in [3.05, 3.63) is 74.0 Å². The molecule has 1 aliphatic heterocycles. The van der Waals surface area contributed by atoms with E-state index in [0.29, 0.717) is 0 Å². The molecule has 0 atom stereocenters. The molecule has 0 bridgehead atoms. The van der Waals surface area contributed by atoms with Crippen LogP contribution in [0.15, 0.2) is 52.1 Å². The lowest BCUT2D eigenvalue weighted by molar-refractivity contribution is 0.412. The molecule has 4 nitrogen and oxygen atoms in total. The Morgan fingerprint density at radius 3 is 2.91 bits per heavy atom. The van der Waals surface area contributed by atoms with Crippen molar-refractivity contribution < 1.29 is 4.74 Å². The number of hydrogen-bond donors (Lipinski definition) is 2. The number of hydrogen-bond acceptors (Lipinski definition) is 2. The van der Waals surface area contributed by atoms with Crippen molar-refractivity contribution in [3.63, 3.8) is 0 Å². The fourth-order valence-corrected chi connectivity index (χ4v) is 3.02. The van der Waals surface area contributed by atoms with E-state index in [0.717, 1.165) is 42.9 Å². The van der Waals surface area contributed by atoms with Gasteiger partial charge in [0.25, 0.3) is 0 Å². The molecule has 0 saturated carbocycles. The smallest absolute Gasteiger partial charge is 0.144 e. The van der Waals surface area contributed by atoms with E-state index in [1.807, 2.05) is 42.6 Å². The van der Waals surface area contributed by atoms with Gasteiger partial charge in [0, 0.05) is 27.6 Å². The van der Waals surface area contributed by atoms with Crippen molar-refractivity contribution >= 4 is 33.8 Å². The first-order valence-electron chi connectivity index (χ1n) is 7.21. The number of benzene rings is 1. The molecule has 4 rings (SSSR count). The topological polar surface area (TPSA) is 53.2 Å². The van der Waals surface area contributed by atoms with Gasteiger partial charge in [0.2, 0.25) is 0 Å². The van der Waals surface area contributed by atoms with Crippen LogP contribution in [0.3, 0.4) is 0 Å². The first kappa shape index (κ1) is 14.1. The third-order valence-electron chi connectivity index (χ3n) is 3.75. The number of halogens is 1. The fraction of sp³-hybridized carbons (Fsp3) is 0.0556. The number of nitrogens with one attached hydrogen (secondary N) is 2. The van der Waals surface area contributed by atoms with E-state index in [2.05, 4.69) is 43.0 Å². The van der Waals surface area contributed by atoms with Gasteiger partial charge in [0.15, 0.2) is 0 Å². The molecular formula is C18H14BrN3O. The first-order chi connectivity index (χ1) is 11.2. The summed E-state index contributed by atoms with van der Waals surface area (Å²) in [5.41, 5.74) is 1.92. The zero-order valence-electron chi connectivity index (χ0n) is 12.4. The zero-order valence-corrected chi connectivity index (χ0v) is 14.0. The van der Waals surface area contributed by atoms with E-state index in [9.17, 15) is 0 Å².